The Morgan fingerprint density at radius 3 is 3.00 bits per heavy atom. The van der Waals surface area contributed by atoms with Crippen molar-refractivity contribution in [3.05, 3.63) is 10.0 Å². The zero-order chi connectivity index (χ0) is 8.27. The number of carbonyl (C=O) groups excluding carboxylic acids is 1. The van der Waals surface area contributed by atoms with Crippen LogP contribution in [-0.4, -0.2) is 18.5 Å². The molecule has 0 aromatic carbocycles. The van der Waals surface area contributed by atoms with Gasteiger partial charge in [0, 0.05) is 5.97 Å². The van der Waals surface area contributed by atoms with E-state index in [0.29, 0.717) is 16.1 Å². The number of hydrogen-bond acceptors (Lipinski definition) is 4. The molecule has 0 spiro atoms. The Kier molecular flexibility index (Phi) is 2.63. The topological polar surface area (TPSA) is 53.8 Å². The van der Waals surface area contributed by atoms with E-state index in [1.54, 1.807) is 5.97 Å². The van der Waals surface area contributed by atoms with Gasteiger partial charge in [-0.1, -0.05) is 11.6 Å². The maximum Gasteiger partial charge on any atom is 0.330 e. The van der Waals surface area contributed by atoms with Crippen LogP contribution in [0.25, 0.3) is 0 Å². The van der Waals surface area contributed by atoms with Gasteiger partial charge in [-0.05, 0) is 0 Å². The summed E-state index contributed by atoms with van der Waals surface area (Å²) in [6, 6.07) is 0. The summed E-state index contributed by atoms with van der Waals surface area (Å²) < 4.78 is 0. The van der Waals surface area contributed by atoms with Crippen molar-refractivity contribution < 1.29 is 4.79 Å². The quantitative estimate of drug-likeness (QED) is 0.493. The lowest BCUT2D eigenvalue weighted by Crippen LogP contribution is -2.09. The van der Waals surface area contributed by atoms with Crippen LogP contribution >= 0.6 is 22.9 Å². The maximum atomic E-state index is 10.2. The van der Waals surface area contributed by atoms with Crippen LogP contribution in [0, 0.1) is 11.2 Å². The minimum absolute atomic E-state index is 0.159. The monoisotopic (exact) mass is 183 g/mol. The van der Waals surface area contributed by atoms with Gasteiger partial charge in [0.2, 0.25) is 0 Å². The van der Waals surface area contributed by atoms with Crippen LogP contribution in [0.4, 0.5) is 0 Å². The molecule has 0 fully saturated rings. The molecule has 0 aliphatic rings. The van der Waals surface area contributed by atoms with Gasteiger partial charge in [-0.15, -0.1) is 11.3 Å². The summed E-state index contributed by atoms with van der Waals surface area (Å²) in [5.74, 6) is 1.80. The van der Waals surface area contributed by atoms with E-state index in [-0.39, 0.29) is 5.15 Å². The van der Waals surface area contributed by atoms with E-state index in [1.807, 2.05) is 0 Å². The van der Waals surface area contributed by atoms with Gasteiger partial charge in [-0.3, -0.25) is 4.79 Å². The van der Waals surface area contributed by atoms with Gasteiger partial charge in [0.05, 0.1) is 4.91 Å². The number of aldehydes is 1. The molecule has 1 heterocycles. The van der Waals surface area contributed by atoms with E-state index in [9.17, 15) is 4.79 Å². The van der Waals surface area contributed by atoms with Crippen molar-refractivity contribution in [2.24, 2.45) is 0 Å². The summed E-state index contributed by atoms with van der Waals surface area (Å²) in [4.78, 5) is 14.8. The van der Waals surface area contributed by atoms with E-state index in [1.165, 1.54) is 7.28 Å². The molecule has 0 saturated carbocycles. The zero-order valence-electron chi connectivity index (χ0n) is 5.24. The SMILES string of the molecule is N#C[B]c1nc(Cl)c(C=O)s1. The lowest BCUT2D eigenvalue weighted by atomic mass is 9.83. The molecule has 11 heavy (non-hydrogen) atoms. The van der Waals surface area contributed by atoms with Gasteiger partial charge >= 0.3 is 7.28 Å². The summed E-state index contributed by atoms with van der Waals surface area (Å²) in [7, 11) is 1.24. The number of halogens is 1. The molecule has 0 aliphatic carbocycles. The number of thiazole rings is 1. The van der Waals surface area contributed by atoms with Crippen molar-refractivity contribution in [3.8, 4) is 5.97 Å². The molecule has 6 heteroatoms. The molecule has 0 aliphatic heterocycles. The first-order valence-electron chi connectivity index (χ1n) is 2.62. The van der Waals surface area contributed by atoms with Crippen LogP contribution in [0.15, 0.2) is 0 Å². The Hall–Kier alpha value is -0.855. The maximum absolute atomic E-state index is 10.2. The number of rotatable bonds is 2. The largest absolute Gasteiger partial charge is 0.330 e. The Morgan fingerprint density at radius 2 is 2.55 bits per heavy atom. The first kappa shape index (κ1) is 8.24. The smallest absolute Gasteiger partial charge is 0.297 e. The molecule has 1 aromatic heterocycles. The van der Waals surface area contributed by atoms with Crippen molar-refractivity contribution in [2.45, 2.75) is 0 Å². The van der Waals surface area contributed by atoms with Crippen LogP contribution in [0.3, 0.4) is 0 Å². The molecule has 0 N–H and O–H groups in total. The van der Waals surface area contributed by atoms with Crippen molar-refractivity contribution in [1.82, 2.24) is 4.98 Å². The number of aromatic nitrogens is 1. The Bertz CT molecular complexity index is 319. The third kappa shape index (κ3) is 1.79. The molecular formula is C5HBClN2OS. The van der Waals surface area contributed by atoms with Gasteiger partial charge in [0.15, 0.2) is 6.29 Å². The molecule has 1 rings (SSSR count). The van der Waals surface area contributed by atoms with Crippen LogP contribution in [0.1, 0.15) is 9.67 Å². The summed E-state index contributed by atoms with van der Waals surface area (Å²) in [6.45, 7) is 0. The molecule has 0 unspecified atom stereocenters. The van der Waals surface area contributed by atoms with E-state index in [0.717, 1.165) is 11.3 Å². The fourth-order valence-electron chi connectivity index (χ4n) is 0.519. The van der Waals surface area contributed by atoms with Gasteiger partial charge in [0.25, 0.3) is 0 Å². The van der Waals surface area contributed by atoms with Crippen molar-refractivity contribution in [3.63, 3.8) is 0 Å². The standard InChI is InChI=1S/C5HBClN2OS/c7-4-3(1-10)11-5(9-4)6-2-8/h1H. The minimum atomic E-state index is 0.159. The van der Waals surface area contributed by atoms with E-state index >= 15 is 0 Å². The first-order valence-corrected chi connectivity index (χ1v) is 3.81. The lowest BCUT2D eigenvalue weighted by Gasteiger charge is -1.74. The highest BCUT2D eigenvalue weighted by atomic mass is 35.5. The fraction of sp³-hybridized carbons (Fsp3) is 0. The van der Waals surface area contributed by atoms with Crippen LogP contribution < -0.4 is 4.91 Å². The highest BCUT2D eigenvalue weighted by Gasteiger charge is 2.08. The van der Waals surface area contributed by atoms with Crippen molar-refractivity contribution in [2.75, 3.05) is 0 Å². The van der Waals surface area contributed by atoms with Crippen molar-refractivity contribution >= 4 is 41.4 Å². The molecule has 0 saturated heterocycles. The minimum Gasteiger partial charge on any atom is -0.297 e. The van der Waals surface area contributed by atoms with Gasteiger partial charge in [0.1, 0.15) is 10.0 Å². The van der Waals surface area contributed by atoms with Crippen LogP contribution in [0.2, 0.25) is 5.15 Å². The number of nitriles is 1. The number of nitrogens with zero attached hydrogens (tertiary/aromatic N) is 2. The van der Waals surface area contributed by atoms with Gasteiger partial charge < -0.3 is 0 Å². The Morgan fingerprint density at radius 1 is 1.82 bits per heavy atom. The molecule has 1 aromatic rings. The molecule has 53 valence electrons. The molecule has 0 bridgehead atoms. The average molecular weight is 183 g/mol. The fourth-order valence-corrected chi connectivity index (χ4v) is 1.47. The van der Waals surface area contributed by atoms with E-state index in [4.69, 9.17) is 16.9 Å². The van der Waals surface area contributed by atoms with Gasteiger partial charge in [-0.2, -0.15) is 0 Å². The molecular weight excluding hydrogens is 182 g/mol. The number of carbonyl (C=O) groups is 1. The molecule has 0 atom stereocenters. The zero-order valence-corrected chi connectivity index (χ0v) is 6.82. The predicted octanol–water partition coefficient (Wildman–Crippen LogP) is 0.420. The van der Waals surface area contributed by atoms with Crippen LogP contribution in [-0.2, 0) is 0 Å². The third-order valence-electron chi connectivity index (χ3n) is 0.921. The third-order valence-corrected chi connectivity index (χ3v) is 2.25. The summed E-state index contributed by atoms with van der Waals surface area (Å²) in [5.41, 5.74) is 0. The second kappa shape index (κ2) is 3.51. The van der Waals surface area contributed by atoms with Crippen molar-refractivity contribution in [1.29, 1.82) is 5.26 Å². The second-order valence-electron chi connectivity index (χ2n) is 1.60. The molecule has 3 nitrogen and oxygen atoms in total. The van der Waals surface area contributed by atoms with E-state index < -0.39 is 0 Å². The highest BCUT2D eigenvalue weighted by molar-refractivity contribution is 7.23. The second-order valence-corrected chi connectivity index (χ2v) is 3.02. The average Bonchev–Trinajstić information content (AvgIpc) is 2.32. The normalized spacial score (nSPS) is 8.73. The summed E-state index contributed by atoms with van der Waals surface area (Å²) in [5, 5.41) is 8.38. The Labute approximate surface area is 72.9 Å². The lowest BCUT2D eigenvalue weighted by molar-refractivity contribution is 0.112. The Balaban J connectivity index is 2.97. The van der Waals surface area contributed by atoms with Crippen LogP contribution in [0.5, 0.6) is 0 Å². The number of hydrogen-bond donors (Lipinski definition) is 0. The molecule has 0 amide bonds. The first-order chi connectivity index (χ1) is 5.27. The van der Waals surface area contributed by atoms with Gasteiger partial charge in [-0.25, -0.2) is 10.2 Å². The van der Waals surface area contributed by atoms with E-state index in [2.05, 4.69) is 4.98 Å². The summed E-state index contributed by atoms with van der Waals surface area (Å²) >= 11 is 6.61. The summed E-state index contributed by atoms with van der Waals surface area (Å²) in [6.07, 6.45) is 0.620. The molecule has 1 radical (unpaired) electrons. The predicted molar refractivity (Wildman–Crippen MR) is 43.5 cm³/mol. The highest BCUT2D eigenvalue weighted by Crippen LogP contribution is 2.13.